The molecule has 1 aromatic carbocycles. The standard InChI is InChI=1S/C16H24N2O4.ClH/c1-20-13-8-14(21-2)10-15(9-13)22-7-6-18-16(19)12-4-3-5-17-11-12;/h8-10,12,17H,3-7,11H2,1-2H3,(H,18,19);1H. The van der Waals surface area contributed by atoms with Crippen LogP contribution in [0.5, 0.6) is 17.2 Å². The molecule has 1 amide bonds. The summed E-state index contributed by atoms with van der Waals surface area (Å²) in [5.74, 6) is 2.17. The van der Waals surface area contributed by atoms with Gasteiger partial charge < -0.3 is 24.8 Å². The molecule has 7 heteroatoms. The van der Waals surface area contributed by atoms with E-state index in [1.165, 1.54) is 0 Å². The lowest BCUT2D eigenvalue weighted by molar-refractivity contribution is -0.125. The van der Waals surface area contributed by atoms with E-state index in [9.17, 15) is 4.79 Å². The van der Waals surface area contributed by atoms with Crippen molar-refractivity contribution in [3.05, 3.63) is 18.2 Å². The van der Waals surface area contributed by atoms with Crippen LogP contribution in [0.3, 0.4) is 0 Å². The molecule has 1 saturated heterocycles. The Kier molecular flexibility index (Phi) is 8.58. The summed E-state index contributed by atoms with van der Waals surface area (Å²) in [6.45, 7) is 2.65. The topological polar surface area (TPSA) is 68.8 Å². The Labute approximate surface area is 143 Å². The van der Waals surface area contributed by atoms with Gasteiger partial charge in [0.2, 0.25) is 5.91 Å². The second-order valence-electron chi connectivity index (χ2n) is 5.23. The van der Waals surface area contributed by atoms with Gasteiger partial charge in [0.15, 0.2) is 0 Å². The number of nitrogens with one attached hydrogen (secondary N) is 2. The van der Waals surface area contributed by atoms with Crippen molar-refractivity contribution in [3.8, 4) is 17.2 Å². The predicted molar refractivity (Wildman–Crippen MR) is 90.9 cm³/mol. The first kappa shape index (κ1) is 19.4. The molecular formula is C16H25ClN2O4. The first-order chi connectivity index (χ1) is 10.7. The molecule has 6 nitrogen and oxygen atoms in total. The van der Waals surface area contributed by atoms with Gasteiger partial charge in [0.1, 0.15) is 23.9 Å². The highest BCUT2D eigenvalue weighted by Gasteiger charge is 2.20. The second kappa shape index (κ2) is 10.2. The van der Waals surface area contributed by atoms with Crippen LogP contribution in [0.1, 0.15) is 12.8 Å². The number of piperidine rings is 1. The Morgan fingerprint density at radius 2 is 1.87 bits per heavy atom. The van der Waals surface area contributed by atoms with E-state index >= 15 is 0 Å². The van der Waals surface area contributed by atoms with E-state index in [0.717, 1.165) is 25.9 Å². The number of carbonyl (C=O) groups excluding carboxylic acids is 1. The van der Waals surface area contributed by atoms with Crippen molar-refractivity contribution in [1.82, 2.24) is 10.6 Å². The van der Waals surface area contributed by atoms with Crippen LogP contribution in [0.2, 0.25) is 0 Å². The second-order valence-corrected chi connectivity index (χ2v) is 5.23. The lowest BCUT2D eigenvalue weighted by Crippen LogP contribution is -2.41. The summed E-state index contributed by atoms with van der Waals surface area (Å²) in [5.41, 5.74) is 0. The number of halogens is 1. The number of hydrogen-bond donors (Lipinski definition) is 2. The molecule has 1 aliphatic rings. The zero-order valence-electron chi connectivity index (χ0n) is 13.6. The molecular weight excluding hydrogens is 320 g/mol. The normalized spacial score (nSPS) is 16.9. The third-order valence-corrected chi connectivity index (χ3v) is 3.66. The van der Waals surface area contributed by atoms with Gasteiger partial charge in [-0.25, -0.2) is 0 Å². The van der Waals surface area contributed by atoms with Gasteiger partial charge in [0, 0.05) is 24.7 Å². The van der Waals surface area contributed by atoms with Crippen molar-refractivity contribution < 1.29 is 19.0 Å². The molecule has 0 saturated carbocycles. The fourth-order valence-corrected chi connectivity index (χ4v) is 2.43. The van der Waals surface area contributed by atoms with Gasteiger partial charge in [-0.2, -0.15) is 0 Å². The highest BCUT2D eigenvalue weighted by Crippen LogP contribution is 2.27. The number of amides is 1. The average Bonchev–Trinajstić information content (AvgIpc) is 2.58. The molecule has 1 aromatic rings. The maximum absolute atomic E-state index is 12.0. The lowest BCUT2D eigenvalue weighted by atomic mass is 9.99. The molecule has 1 heterocycles. The fraction of sp³-hybridized carbons (Fsp3) is 0.562. The number of methoxy groups -OCH3 is 2. The summed E-state index contributed by atoms with van der Waals surface area (Å²) < 4.78 is 16.0. The maximum atomic E-state index is 12.0. The smallest absolute Gasteiger partial charge is 0.224 e. The molecule has 1 fully saturated rings. The number of rotatable bonds is 7. The van der Waals surface area contributed by atoms with Crippen LogP contribution in [-0.2, 0) is 4.79 Å². The summed E-state index contributed by atoms with van der Waals surface area (Å²) in [4.78, 5) is 12.0. The highest BCUT2D eigenvalue weighted by atomic mass is 35.5. The minimum atomic E-state index is 0. The molecule has 0 spiro atoms. The maximum Gasteiger partial charge on any atom is 0.224 e. The third kappa shape index (κ3) is 6.15. The third-order valence-electron chi connectivity index (χ3n) is 3.66. The van der Waals surface area contributed by atoms with Crippen molar-refractivity contribution in [2.75, 3.05) is 40.5 Å². The summed E-state index contributed by atoms with van der Waals surface area (Å²) in [6.07, 6.45) is 2.00. The predicted octanol–water partition coefficient (Wildman–Crippen LogP) is 1.62. The van der Waals surface area contributed by atoms with E-state index in [2.05, 4.69) is 10.6 Å². The van der Waals surface area contributed by atoms with E-state index in [1.54, 1.807) is 32.4 Å². The molecule has 0 aromatic heterocycles. The van der Waals surface area contributed by atoms with E-state index in [4.69, 9.17) is 14.2 Å². The minimum absolute atomic E-state index is 0. The quantitative estimate of drug-likeness (QED) is 0.736. The van der Waals surface area contributed by atoms with Crippen molar-refractivity contribution in [1.29, 1.82) is 0 Å². The van der Waals surface area contributed by atoms with E-state index in [0.29, 0.717) is 30.4 Å². The van der Waals surface area contributed by atoms with Crippen molar-refractivity contribution >= 4 is 18.3 Å². The number of benzene rings is 1. The van der Waals surface area contributed by atoms with Crippen LogP contribution in [0.25, 0.3) is 0 Å². The zero-order valence-corrected chi connectivity index (χ0v) is 14.4. The first-order valence-corrected chi connectivity index (χ1v) is 7.57. The molecule has 130 valence electrons. The van der Waals surface area contributed by atoms with E-state index in [-0.39, 0.29) is 24.2 Å². The van der Waals surface area contributed by atoms with Crippen molar-refractivity contribution in [2.24, 2.45) is 5.92 Å². The molecule has 0 aliphatic carbocycles. The Hall–Kier alpha value is -1.66. The van der Waals surface area contributed by atoms with Gasteiger partial charge in [-0.15, -0.1) is 12.4 Å². The first-order valence-electron chi connectivity index (χ1n) is 7.57. The Bertz CT molecular complexity index is 471. The van der Waals surface area contributed by atoms with Crippen LogP contribution in [0, 0.1) is 5.92 Å². The molecule has 2 rings (SSSR count). The monoisotopic (exact) mass is 344 g/mol. The van der Waals surface area contributed by atoms with Gasteiger partial charge in [-0.05, 0) is 19.4 Å². The number of carbonyl (C=O) groups is 1. The highest BCUT2D eigenvalue weighted by molar-refractivity contribution is 5.85. The fourth-order valence-electron chi connectivity index (χ4n) is 2.43. The van der Waals surface area contributed by atoms with Crippen molar-refractivity contribution in [3.63, 3.8) is 0 Å². The summed E-state index contributed by atoms with van der Waals surface area (Å²) in [7, 11) is 3.19. The Balaban J connectivity index is 0.00000264. The Morgan fingerprint density at radius 1 is 1.22 bits per heavy atom. The SMILES string of the molecule is COc1cc(OC)cc(OCCNC(=O)C2CCCNC2)c1.Cl. The Morgan fingerprint density at radius 3 is 2.43 bits per heavy atom. The summed E-state index contributed by atoms with van der Waals surface area (Å²) >= 11 is 0. The van der Waals surface area contributed by atoms with Crippen LogP contribution in [-0.4, -0.2) is 46.4 Å². The minimum Gasteiger partial charge on any atom is -0.496 e. The van der Waals surface area contributed by atoms with Gasteiger partial charge in [-0.3, -0.25) is 4.79 Å². The summed E-state index contributed by atoms with van der Waals surface area (Å²) in [5, 5.41) is 6.15. The molecule has 1 unspecified atom stereocenters. The van der Waals surface area contributed by atoms with E-state index in [1.807, 2.05) is 0 Å². The van der Waals surface area contributed by atoms with Crippen LogP contribution in [0.4, 0.5) is 0 Å². The molecule has 2 N–H and O–H groups in total. The zero-order chi connectivity index (χ0) is 15.8. The van der Waals surface area contributed by atoms with Gasteiger partial charge in [0.25, 0.3) is 0 Å². The van der Waals surface area contributed by atoms with Crippen LogP contribution >= 0.6 is 12.4 Å². The van der Waals surface area contributed by atoms with Gasteiger partial charge in [-0.1, -0.05) is 0 Å². The summed E-state index contributed by atoms with van der Waals surface area (Å²) in [6, 6.07) is 5.36. The molecule has 23 heavy (non-hydrogen) atoms. The molecule has 0 radical (unpaired) electrons. The van der Waals surface area contributed by atoms with Gasteiger partial charge >= 0.3 is 0 Å². The number of hydrogen-bond acceptors (Lipinski definition) is 5. The largest absolute Gasteiger partial charge is 0.496 e. The number of ether oxygens (including phenoxy) is 3. The van der Waals surface area contributed by atoms with Crippen molar-refractivity contribution in [2.45, 2.75) is 12.8 Å². The molecule has 0 bridgehead atoms. The molecule has 1 atom stereocenters. The van der Waals surface area contributed by atoms with Gasteiger partial charge in [0.05, 0.1) is 26.7 Å². The lowest BCUT2D eigenvalue weighted by Gasteiger charge is -2.21. The average molecular weight is 345 g/mol. The van der Waals surface area contributed by atoms with Crippen LogP contribution < -0.4 is 24.8 Å². The molecule has 1 aliphatic heterocycles. The van der Waals surface area contributed by atoms with Crippen LogP contribution in [0.15, 0.2) is 18.2 Å². The van der Waals surface area contributed by atoms with E-state index < -0.39 is 0 Å².